The molecular weight excluding hydrogens is 1620 g/mol. The van der Waals surface area contributed by atoms with Crippen molar-refractivity contribution in [3.05, 3.63) is 173 Å². The van der Waals surface area contributed by atoms with Gasteiger partial charge in [-0.15, -0.1) is 0 Å². The van der Waals surface area contributed by atoms with E-state index in [-0.39, 0.29) is 78.2 Å². The topological polar surface area (TPSA) is 335 Å². The maximum Gasteiger partial charge on any atom is 0.494 e. The van der Waals surface area contributed by atoms with E-state index in [4.69, 9.17) is 28.8 Å². The molecule has 9 heterocycles. The number of rotatable bonds is 18. The molecule has 12 atom stereocenters. The van der Waals surface area contributed by atoms with Crippen LogP contribution in [0, 0.1) is 11.8 Å². The van der Waals surface area contributed by atoms with Gasteiger partial charge >= 0.3 is 31.5 Å². The minimum absolute atomic E-state index is 0.0233. The van der Waals surface area contributed by atoms with Gasteiger partial charge < -0.3 is 79.1 Å². The highest BCUT2D eigenvalue weighted by Crippen LogP contribution is 2.48. The highest BCUT2D eigenvalue weighted by molar-refractivity contribution is 9.10. The van der Waals surface area contributed by atoms with Crippen LogP contribution in [0.4, 0.5) is 19.2 Å². The quantitative estimate of drug-likeness (QED) is 0.0343. The van der Waals surface area contributed by atoms with Gasteiger partial charge in [0.15, 0.2) is 0 Å². The number of alkyl carbamates (subject to hydrolysis) is 4. The van der Waals surface area contributed by atoms with Crippen LogP contribution in [0.25, 0.3) is 66.3 Å². The molecule has 7 fully saturated rings. The van der Waals surface area contributed by atoms with Crippen molar-refractivity contribution in [1.82, 2.24) is 60.8 Å². The summed E-state index contributed by atoms with van der Waals surface area (Å²) in [7, 11) is 4.77. The van der Waals surface area contributed by atoms with E-state index in [0.29, 0.717) is 37.8 Å². The lowest BCUT2D eigenvalue weighted by atomic mass is 9.78. The molecule has 2 aromatic heterocycles. The third-order valence-electron chi connectivity index (χ3n) is 26.0. The molecule has 0 unspecified atom stereocenters. The number of ether oxygens (including phenoxy) is 4. The minimum atomic E-state index is -0.702. The zero-order valence-corrected chi connectivity index (χ0v) is 72.5. The van der Waals surface area contributed by atoms with Crippen LogP contribution in [0.3, 0.4) is 0 Å². The molecule has 122 heavy (non-hydrogen) atoms. The summed E-state index contributed by atoms with van der Waals surface area (Å²) in [5, 5.41) is 14.9. The predicted molar refractivity (Wildman–Crippen MR) is 469 cm³/mol. The van der Waals surface area contributed by atoms with Crippen LogP contribution in [-0.4, -0.2) is 207 Å². The molecule has 17 rings (SSSR count). The number of piperidine rings is 2. The Bertz CT molecular complexity index is 5460. The van der Waals surface area contributed by atoms with Gasteiger partial charge in [-0.25, -0.2) is 29.1 Å². The third-order valence-corrected chi connectivity index (χ3v) is 26.5. The predicted octanol–water partition coefficient (Wildman–Crippen LogP) is 14.3. The first-order valence-electron chi connectivity index (χ1n) is 42.1. The molecule has 2 saturated carbocycles. The van der Waals surface area contributed by atoms with Gasteiger partial charge in [0.05, 0.1) is 87.6 Å². The number of amides is 8. The van der Waals surface area contributed by atoms with Crippen LogP contribution in [0.15, 0.2) is 161 Å². The fourth-order valence-electron chi connectivity index (χ4n) is 18.8. The van der Waals surface area contributed by atoms with Gasteiger partial charge in [0.25, 0.3) is 0 Å². The zero-order chi connectivity index (χ0) is 86.2. The van der Waals surface area contributed by atoms with E-state index in [2.05, 4.69) is 191 Å². The van der Waals surface area contributed by atoms with Gasteiger partial charge in [-0.2, -0.15) is 0 Å². The van der Waals surface area contributed by atoms with E-state index in [9.17, 15) is 38.4 Å². The smallest absolute Gasteiger partial charge is 0.453 e. The van der Waals surface area contributed by atoms with Crippen LogP contribution < -0.4 is 26.7 Å². The number of hydrogen-bond donors (Lipinski definition) is 6. The van der Waals surface area contributed by atoms with Crippen LogP contribution in [0.5, 0.6) is 0 Å². The number of aliphatic imine (C=N–C) groups is 2. The lowest BCUT2D eigenvalue weighted by Gasteiger charge is -2.37. The molecule has 8 amide bonds. The number of aromatic amines is 2. The number of benzene rings is 6. The second kappa shape index (κ2) is 35.9. The van der Waals surface area contributed by atoms with Crippen molar-refractivity contribution in [2.75, 3.05) is 41.5 Å². The summed E-state index contributed by atoms with van der Waals surface area (Å²) in [6.45, 7) is 16.3. The standard InChI is InChI=1S/C43H47N7O6.C31H38BN3O5.C18H21BrN4O3/c1-24(46-42(53)55-3)40(51)49-17-5-6-37(49)39-45-23-36(48-39)27-9-7-26(8-10-27)28-11-12-30-19-31(14-13-29(30)18-28)33-21-35(44-22-33)38-32-15-16-34(20-32)50(38)41(52)25(2)47-43(54)56-4;1-18(34-29(37)38-6)28(36)35-25-12-10-22(15-25)27(35)26-16-23(17-33-26)20-7-8-21-14-24(11-9-19(21)13-20)32-39-30(2,3)31(4,5)40-32;1-11(21-18(25)26-2)17(24)23-9-3-4-15(23)16-20-10-14(22-16)12-5-7-13(19)8-6-12/h7-14,18-19,22-25,32,34,37-38H,5-6,15-17,20-21H2,1-4H3,(H,45,48)(H,46,53)(H,47,54);7-9,11,13-14,17-18,22,25,27H,10,12,15-16H2,1-6H3,(H,34,37);5-8,10-11,15H,3-4,9H2,1-2H3,(H,20,22)(H,21,25)/t24-,25-,32-,34+,37-,38-;18-,22-,25+,27-;11-,15-/m000/s1. The van der Waals surface area contributed by atoms with E-state index in [0.717, 1.165) is 175 Å². The van der Waals surface area contributed by atoms with Crippen LogP contribution in [0.2, 0.25) is 0 Å². The number of allylic oxidation sites excluding steroid dienone is 2. The van der Waals surface area contributed by atoms with E-state index in [1.807, 2.05) is 52.7 Å². The van der Waals surface area contributed by atoms with Crippen molar-refractivity contribution >= 4 is 121 Å². The molecular formula is C92H106BBrN14O14. The number of carbonyl (C=O) groups is 8. The van der Waals surface area contributed by atoms with Crippen molar-refractivity contribution in [2.24, 2.45) is 21.8 Å². The molecule has 4 bridgehead atoms. The van der Waals surface area contributed by atoms with Gasteiger partial charge in [0.1, 0.15) is 35.8 Å². The first-order valence-corrected chi connectivity index (χ1v) is 42.9. The first-order chi connectivity index (χ1) is 58.6. The molecule has 30 heteroatoms. The summed E-state index contributed by atoms with van der Waals surface area (Å²) < 4.78 is 32.2. The third kappa shape index (κ3) is 17.8. The van der Waals surface area contributed by atoms with Crippen LogP contribution in [-0.2, 0) is 47.4 Å². The Morgan fingerprint density at radius 2 is 0.820 bits per heavy atom. The highest BCUT2D eigenvalue weighted by atomic mass is 79.9. The highest BCUT2D eigenvalue weighted by Gasteiger charge is 2.54. The number of nitrogens with one attached hydrogen (secondary N) is 6. The Morgan fingerprint density at radius 1 is 0.459 bits per heavy atom. The van der Waals surface area contributed by atoms with Crippen molar-refractivity contribution in [3.8, 4) is 33.6 Å². The number of H-pyrrole nitrogens is 2. The normalized spacial score (nSPS) is 23.0. The van der Waals surface area contributed by atoms with Gasteiger partial charge in [-0.3, -0.25) is 29.2 Å². The molecule has 5 saturated heterocycles. The van der Waals surface area contributed by atoms with E-state index in [1.165, 1.54) is 28.4 Å². The molecule has 2 aliphatic carbocycles. The Kier molecular flexibility index (Phi) is 25.2. The van der Waals surface area contributed by atoms with Gasteiger partial charge in [-0.1, -0.05) is 107 Å². The molecule has 0 spiro atoms. The largest absolute Gasteiger partial charge is 0.494 e. The number of aromatic nitrogens is 4. The molecule has 7 aliphatic heterocycles. The minimum Gasteiger partial charge on any atom is -0.453 e. The van der Waals surface area contributed by atoms with Crippen molar-refractivity contribution in [2.45, 2.75) is 204 Å². The summed E-state index contributed by atoms with van der Waals surface area (Å²) >= 11 is 3.43. The van der Waals surface area contributed by atoms with Crippen molar-refractivity contribution in [1.29, 1.82) is 0 Å². The molecule has 0 radical (unpaired) electrons. The molecule has 6 N–H and O–H groups in total. The summed E-state index contributed by atoms with van der Waals surface area (Å²) in [6, 6.07) is 39.5. The number of carbonyl (C=O) groups excluding carboxylic acids is 8. The fraction of sp³-hybridized carbons (Fsp3) is 0.435. The van der Waals surface area contributed by atoms with Gasteiger partial charge in [0.2, 0.25) is 23.6 Å². The number of methoxy groups -OCH3 is 4. The fourth-order valence-corrected chi connectivity index (χ4v) is 19.1. The molecule has 638 valence electrons. The molecule has 8 aromatic rings. The second-order valence-corrected chi connectivity index (χ2v) is 35.1. The SMILES string of the molecule is COC(=O)N[C@@H](C)C(=O)N1CCC[C@H]1c1ncc(-c2ccc(-c3ccc4cc(C5=CN=C([C@@H]6[C@H]7CC[C@H](C7)N6C(=O)[C@H](C)NC(=O)OC)C5)ccc4c3)cc2)[nH]1.COC(=O)N[C@@H](C)C(=O)N1CCC[C@H]1c1ncc(-c2ccc(Br)cc2)[nH]1.COC(=O)N[C@@H](C)C(=O)N1[C@@H]2CC[C@@H](C2)[C@H]1C1=NC=C(c2ccc3cc(B4OC(C)(C)C(C)(C)O4)ccc3c2)C1. The van der Waals surface area contributed by atoms with Crippen molar-refractivity contribution < 1.29 is 66.6 Å². The lowest BCUT2D eigenvalue weighted by Crippen LogP contribution is -2.55. The van der Waals surface area contributed by atoms with Gasteiger partial charge in [0, 0.05) is 66.3 Å². The summed E-state index contributed by atoms with van der Waals surface area (Å²) in [6.07, 6.45) is 16.0. The molecule has 6 aromatic carbocycles. The number of halogens is 1. The molecule has 9 aliphatic rings. The van der Waals surface area contributed by atoms with E-state index < -0.39 is 48.5 Å². The number of imidazole rings is 2. The van der Waals surface area contributed by atoms with Crippen molar-refractivity contribution in [3.63, 3.8) is 0 Å². The molecule has 28 nitrogen and oxygen atoms in total. The number of fused-ring (bicyclic) bond motifs is 6. The Morgan fingerprint density at radius 3 is 1.24 bits per heavy atom. The summed E-state index contributed by atoms with van der Waals surface area (Å²) in [4.78, 5) is 133. The summed E-state index contributed by atoms with van der Waals surface area (Å²) in [5.74, 6) is 1.83. The number of nitrogens with zero attached hydrogens (tertiary/aromatic N) is 8. The second-order valence-electron chi connectivity index (χ2n) is 34.2. The monoisotopic (exact) mass is 1720 g/mol. The first kappa shape index (κ1) is 85.5. The average molecular weight is 1720 g/mol. The van der Waals surface area contributed by atoms with E-state index in [1.54, 1.807) is 43.7 Å². The number of hydrogen-bond acceptors (Lipinski definition) is 18. The van der Waals surface area contributed by atoms with Crippen LogP contribution in [0.1, 0.15) is 167 Å². The maximum absolute atomic E-state index is 13.5. The zero-order valence-electron chi connectivity index (χ0n) is 70.9. The maximum atomic E-state index is 13.5. The average Bonchev–Trinajstić information content (AvgIpc) is 1.60. The Balaban J connectivity index is 0.000000153. The Labute approximate surface area is 718 Å². The lowest BCUT2D eigenvalue weighted by molar-refractivity contribution is -0.136. The van der Waals surface area contributed by atoms with Crippen LogP contribution >= 0.6 is 15.9 Å². The summed E-state index contributed by atoms with van der Waals surface area (Å²) in [5.41, 5.74) is 12.9. The Hall–Kier alpha value is -11.5. The number of likely N-dealkylation sites (tertiary alicyclic amines) is 4. The van der Waals surface area contributed by atoms with E-state index >= 15 is 0 Å². The van der Waals surface area contributed by atoms with Gasteiger partial charge in [-0.05, 0) is 233 Å².